The minimum absolute atomic E-state index is 0.206. The Hall–Kier alpha value is -0.970. The van der Waals surface area contributed by atoms with Crippen molar-refractivity contribution in [3.05, 3.63) is 22.9 Å². The van der Waals surface area contributed by atoms with Crippen LogP contribution < -0.4 is 5.84 Å². The second-order valence-electron chi connectivity index (χ2n) is 3.31. The summed E-state index contributed by atoms with van der Waals surface area (Å²) in [5, 5.41) is 1.35. The molecule has 0 saturated heterocycles. The summed E-state index contributed by atoms with van der Waals surface area (Å²) in [5.41, 5.74) is 0.117. The maximum absolute atomic E-state index is 12.5. The average Bonchev–Trinajstić information content (AvgIpc) is 2.17. The van der Waals surface area contributed by atoms with Crippen LogP contribution in [-0.4, -0.2) is 17.7 Å². The molecule has 2 nitrogen and oxygen atoms in total. The zero-order valence-corrected chi connectivity index (χ0v) is 8.15. The van der Waals surface area contributed by atoms with Crippen LogP contribution in [0.15, 0.2) is 22.9 Å². The van der Waals surface area contributed by atoms with Crippen molar-refractivity contribution in [2.24, 2.45) is 5.84 Å². The van der Waals surface area contributed by atoms with Crippen molar-refractivity contribution in [1.29, 1.82) is 0 Å². The molecule has 80 valence electrons. The van der Waals surface area contributed by atoms with Gasteiger partial charge in [-0.2, -0.15) is 13.2 Å². The van der Waals surface area contributed by atoms with E-state index in [0.29, 0.717) is 18.7 Å². The summed E-state index contributed by atoms with van der Waals surface area (Å²) in [7, 11) is 0. The molecule has 0 aromatic carbocycles. The van der Waals surface area contributed by atoms with Crippen LogP contribution in [0.5, 0.6) is 0 Å². The highest BCUT2D eigenvalue weighted by Gasteiger charge is 2.35. The molecule has 0 atom stereocenters. The van der Waals surface area contributed by atoms with Gasteiger partial charge >= 0.3 is 6.18 Å². The van der Waals surface area contributed by atoms with E-state index in [0.717, 1.165) is 0 Å². The van der Waals surface area contributed by atoms with Gasteiger partial charge in [0.15, 0.2) is 0 Å². The van der Waals surface area contributed by atoms with E-state index in [1.54, 1.807) is 6.92 Å². The number of hydrogen-bond donors (Lipinski definition) is 1. The first-order valence-electron chi connectivity index (χ1n) is 4.31. The number of halogens is 3. The van der Waals surface area contributed by atoms with Gasteiger partial charge in [0.1, 0.15) is 0 Å². The Balaban J connectivity index is 3.12. The molecule has 1 aliphatic rings. The Labute approximate surface area is 80.8 Å². The van der Waals surface area contributed by atoms with Gasteiger partial charge in [-0.15, -0.1) is 0 Å². The molecular weight excluding hydrogens is 193 g/mol. The van der Waals surface area contributed by atoms with Crippen molar-refractivity contribution in [2.75, 3.05) is 6.54 Å². The quantitative estimate of drug-likeness (QED) is 0.616. The van der Waals surface area contributed by atoms with Gasteiger partial charge < -0.3 is 5.01 Å². The number of hydrazine groups is 1. The Morgan fingerprint density at radius 2 is 1.93 bits per heavy atom. The summed E-state index contributed by atoms with van der Waals surface area (Å²) in [6.45, 7) is 3.46. The molecule has 0 unspecified atom stereocenters. The lowest BCUT2D eigenvalue weighted by Gasteiger charge is -2.19. The van der Waals surface area contributed by atoms with E-state index in [4.69, 9.17) is 5.84 Å². The van der Waals surface area contributed by atoms with Gasteiger partial charge in [0.2, 0.25) is 0 Å². The Kier molecular flexibility index (Phi) is 2.89. The first-order chi connectivity index (χ1) is 6.34. The molecular formula is C9H13F3N2. The fourth-order valence-electron chi connectivity index (χ4n) is 1.41. The third kappa shape index (κ3) is 2.09. The highest BCUT2D eigenvalue weighted by atomic mass is 19.4. The molecule has 1 rings (SSSR count). The highest BCUT2D eigenvalue weighted by Crippen LogP contribution is 2.34. The zero-order chi connectivity index (χ0) is 10.9. The molecule has 0 aliphatic carbocycles. The van der Waals surface area contributed by atoms with E-state index in [9.17, 15) is 13.2 Å². The van der Waals surface area contributed by atoms with E-state index < -0.39 is 11.7 Å². The van der Waals surface area contributed by atoms with Gasteiger partial charge in [0.25, 0.3) is 0 Å². The van der Waals surface area contributed by atoms with Crippen molar-refractivity contribution in [3.63, 3.8) is 0 Å². The molecule has 0 aromatic heterocycles. The van der Waals surface area contributed by atoms with E-state index in [2.05, 4.69) is 0 Å². The largest absolute Gasteiger partial charge is 0.416 e. The third-order valence-electron chi connectivity index (χ3n) is 2.40. The lowest BCUT2D eigenvalue weighted by atomic mass is 10.1. The summed E-state index contributed by atoms with van der Waals surface area (Å²) in [6.07, 6.45) is -2.76. The van der Waals surface area contributed by atoms with E-state index in [1.165, 1.54) is 18.0 Å². The maximum atomic E-state index is 12.5. The Bertz CT molecular complexity index is 289. The van der Waals surface area contributed by atoms with Crippen LogP contribution in [0.3, 0.4) is 0 Å². The molecule has 5 heteroatoms. The minimum Gasteiger partial charge on any atom is -0.315 e. The third-order valence-corrected chi connectivity index (χ3v) is 2.40. The van der Waals surface area contributed by atoms with E-state index in [-0.39, 0.29) is 5.57 Å². The lowest BCUT2D eigenvalue weighted by Crippen LogP contribution is -2.30. The number of allylic oxidation sites excluding steroid dienone is 3. The number of alkyl halides is 3. The van der Waals surface area contributed by atoms with Crippen LogP contribution in [0.1, 0.15) is 20.3 Å². The molecule has 1 aliphatic heterocycles. The minimum atomic E-state index is -4.28. The van der Waals surface area contributed by atoms with E-state index >= 15 is 0 Å². The summed E-state index contributed by atoms with van der Waals surface area (Å²) in [6, 6.07) is 0. The lowest BCUT2D eigenvalue weighted by molar-refractivity contribution is -0.0895. The standard InChI is InChI=1S/C9H13F3N2/c1-6-7(2)14(13)5-3-4-8(6)9(10,11)12/h4H,3,5,13H2,1-2H3. The molecule has 0 amide bonds. The summed E-state index contributed by atoms with van der Waals surface area (Å²) in [4.78, 5) is 0. The topological polar surface area (TPSA) is 29.3 Å². The zero-order valence-electron chi connectivity index (χ0n) is 8.15. The predicted octanol–water partition coefficient (Wildman–Crippen LogP) is 2.35. The van der Waals surface area contributed by atoms with Gasteiger partial charge in [-0.3, -0.25) is 0 Å². The van der Waals surface area contributed by atoms with Gasteiger partial charge in [0.05, 0.1) is 5.57 Å². The number of nitrogens with two attached hydrogens (primary N) is 1. The average molecular weight is 206 g/mol. The van der Waals surface area contributed by atoms with Gasteiger partial charge in [-0.25, -0.2) is 5.84 Å². The second-order valence-corrected chi connectivity index (χ2v) is 3.31. The van der Waals surface area contributed by atoms with Crippen LogP contribution >= 0.6 is 0 Å². The first-order valence-corrected chi connectivity index (χ1v) is 4.31. The maximum Gasteiger partial charge on any atom is 0.416 e. The summed E-state index contributed by atoms with van der Waals surface area (Å²) < 4.78 is 37.5. The smallest absolute Gasteiger partial charge is 0.315 e. The van der Waals surface area contributed by atoms with Crippen molar-refractivity contribution in [1.82, 2.24) is 5.01 Å². The molecule has 14 heavy (non-hydrogen) atoms. The second kappa shape index (κ2) is 3.65. The van der Waals surface area contributed by atoms with Crippen molar-refractivity contribution in [3.8, 4) is 0 Å². The Morgan fingerprint density at radius 3 is 2.43 bits per heavy atom. The van der Waals surface area contributed by atoms with E-state index in [1.807, 2.05) is 0 Å². The van der Waals surface area contributed by atoms with Gasteiger partial charge in [-0.1, -0.05) is 6.08 Å². The molecule has 0 saturated carbocycles. The molecule has 0 bridgehead atoms. The molecule has 0 spiro atoms. The van der Waals surface area contributed by atoms with Crippen LogP contribution in [0, 0.1) is 0 Å². The van der Waals surface area contributed by atoms with Crippen LogP contribution in [0.25, 0.3) is 0 Å². The molecule has 2 N–H and O–H groups in total. The number of rotatable bonds is 0. The normalized spacial score (nSPS) is 19.6. The fourth-order valence-corrected chi connectivity index (χ4v) is 1.41. The summed E-state index contributed by atoms with van der Waals surface area (Å²) in [5.74, 6) is 5.55. The van der Waals surface area contributed by atoms with Crippen molar-refractivity contribution < 1.29 is 13.2 Å². The van der Waals surface area contributed by atoms with Gasteiger partial charge in [-0.05, 0) is 25.8 Å². The molecule has 0 aromatic rings. The first kappa shape index (κ1) is 11.1. The molecule has 0 fully saturated rings. The molecule has 0 radical (unpaired) electrons. The van der Waals surface area contributed by atoms with Gasteiger partial charge in [0, 0.05) is 12.2 Å². The predicted molar refractivity (Wildman–Crippen MR) is 48.0 cm³/mol. The van der Waals surface area contributed by atoms with Crippen LogP contribution in [0.2, 0.25) is 0 Å². The Morgan fingerprint density at radius 1 is 1.36 bits per heavy atom. The van der Waals surface area contributed by atoms with Crippen LogP contribution in [0.4, 0.5) is 13.2 Å². The number of nitrogens with zero attached hydrogens (tertiary/aromatic N) is 1. The summed E-state index contributed by atoms with van der Waals surface area (Å²) >= 11 is 0. The highest BCUT2D eigenvalue weighted by molar-refractivity contribution is 5.37. The van der Waals surface area contributed by atoms with Crippen molar-refractivity contribution >= 4 is 0 Å². The van der Waals surface area contributed by atoms with Crippen LogP contribution in [-0.2, 0) is 0 Å². The SMILES string of the molecule is CC1=C(C)N(N)CCC=C1C(F)(F)F. The number of hydrogen-bond acceptors (Lipinski definition) is 2. The monoisotopic (exact) mass is 206 g/mol. The molecule has 1 heterocycles. The fraction of sp³-hybridized carbons (Fsp3) is 0.556. The van der Waals surface area contributed by atoms with Crippen molar-refractivity contribution in [2.45, 2.75) is 26.4 Å².